The Kier molecular flexibility index (Phi) is 6.46. The van der Waals surface area contributed by atoms with E-state index in [1.54, 1.807) is 0 Å². The summed E-state index contributed by atoms with van der Waals surface area (Å²) in [4.78, 5) is 5.27. The van der Waals surface area contributed by atoms with Crippen molar-refractivity contribution in [2.24, 2.45) is 4.99 Å². The molecule has 1 aliphatic rings. The quantitative estimate of drug-likeness (QED) is 0.193. The molecule has 10 aromatic rings. The molecule has 242 valence electrons. The van der Waals surface area contributed by atoms with Gasteiger partial charge in [0.15, 0.2) is 0 Å². The number of para-hydroxylation sites is 2. The molecule has 0 bridgehead atoms. The standard InChI is InChI=1S/C45H29N3OS2/c1-2-11-26(12-3-1)43-46-44(34-19-9-16-31-29-13-4-6-21-37(29)49-40(31)34)48-45(47-43)35-20-10-18-33-36-25-27(23-24-39(36)51-42(33)35)28-15-8-17-32-30-14-5-7-22-38(30)50-41(28)32/h1-25,43,45,47H,(H,46,48). The second kappa shape index (κ2) is 11.4. The minimum absolute atomic E-state index is 0.189. The predicted octanol–water partition coefficient (Wildman–Crippen LogP) is 12.3. The summed E-state index contributed by atoms with van der Waals surface area (Å²) in [5.74, 6) is 0.814. The van der Waals surface area contributed by atoms with Crippen LogP contribution in [0.1, 0.15) is 29.0 Å². The van der Waals surface area contributed by atoms with E-state index in [9.17, 15) is 0 Å². The Morgan fingerprint density at radius 2 is 1.22 bits per heavy atom. The van der Waals surface area contributed by atoms with Gasteiger partial charge >= 0.3 is 0 Å². The Balaban J connectivity index is 1.05. The summed E-state index contributed by atoms with van der Waals surface area (Å²) < 4.78 is 11.7. The zero-order chi connectivity index (χ0) is 33.5. The first-order valence-corrected chi connectivity index (χ1v) is 18.8. The van der Waals surface area contributed by atoms with Gasteiger partial charge in [0.1, 0.15) is 29.3 Å². The highest BCUT2D eigenvalue weighted by Gasteiger charge is 2.29. The van der Waals surface area contributed by atoms with Crippen molar-refractivity contribution in [2.45, 2.75) is 12.3 Å². The Labute approximate surface area is 301 Å². The maximum absolute atomic E-state index is 6.48. The zero-order valence-corrected chi connectivity index (χ0v) is 28.9. The molecule has 3 aromatic heterocycles. The second-order valence-electron chi connectivity index (χ2n) is 13.1. The lowest BCUT2D eigenvalue weighted by Crippen LogP contribution is -2.45. The summed E-state index contributed by atoms with van der Waals surface area (Å²) in [5, 5.41) is 15.1. The molecule has 2 atom stereocenters. The minimum atomic E-state index is -0.245. The molecule has 0 radical (unpaired) electrons. The molecular weight excluding hydrogens is 663 g/mol. The van der Waals surface area contributed by atoms with E-state index in [4.69, 9.17) is 9.41 Å². The fourth-order valence-corrected chi connectivity index (χ4v) is 10.2. The first-order chi connectivity index (χ1) is 25.3. The molecule has 4 heterocycles. The van der Waals surface area contributed by atoms with Crippen LogP contribution in [0.25, 0.3) is 73.4 Å². The molecule has 2 N–H and O–H groups in total. The number of fused-ring (bicyclic) bond motifs is 9. The van der Waals surface area contributed by atoms with Crippen LogP contribution >= 0.6 is 22.7 Å². The molecule has 51 heavy (non-hydrogen) atoms. The second-order valence-corrected chi connectivity index (χ2v) is 15.2. The van der Waals surface area contributed by atoms with Crippen molar-refractivity contribution in [1.82, 2.24) is 10.6 Å². The van der Waals surface area contributed by atoms with E-state index in [2.05, 4.69) is 150 Å². The van der Waals surface area contributed by atoms with E-state index in [1.165, 1.54) is 57.0 Å². The van der Waals surface area contributed by atoms with Crippen LogP contribution in [-0.4, -0.2) is 5.84 Å². The molecule has 0 amide bonds. The fourth-order valence-electron chi connectivity index (χ4n) is 7.78. The Bertz CT molecular complexity index is 3010. The zero-order valence-electron chi connectivity index (χ0n) is 27.3. The normalized spacial score (nSPS) is 16.4. The van der Waals surface area contributed by atoms with Gasteiger partial charge in [-0.2, -0.15) is 0 Å². The molecule has 0 aliphatic carbocycles. The van der Waals surface area contributed by atoms with E-state index in [-0.39, 0.29) is 12.3 Å². The van der Waals surface area contributed by atoms with Crippen LogP contribution in [0.2, 0.25) is 0 Å². The number of aliphatic imine (C=N–C) groups is 1. The molecule has 2 unspecified atom stereocenters. The average molecular weight is 692 g/mol. The average Bonchev–Trinajstić information content (AvgIpc) is 3.89. The molecule has 7 aromatic carbocycles. The summed E-state index contributed by atoms with van der Waals surface area (Å²) in [6.07, 6.45) is -0.434. The fraction of sp³-hybridized carbons (Fsp3) is 0.0444. The molecule has 4 nitrogen and oxygen atoms in total. The van der Waals surface area contributed by atoms with Gasteiger partial charge in [-0.1, -0.05) is 121 Å². The summed E-state index contributed by atoms with van der Waals surface area (Å²) in [6, 6.07) is 54.2. The molecule has 0 spiro atoms. The molecule has 1 aliphatic heterocycles. The monoisotopic (exact) mass is 691 g/mol. The number of hydrogen-bond donors (Lipinski definition) is 2. The summed E-state index contributed by atoms with van der Waals surface area (Å²) in [6.45, 7) is 0. The predicted molar refractivity (Wildman–Crippen MR) is 216 cm³/mol. The maximum atomic E-state index is 6.48. The Morgan fingerprint density at radius 3 is 2.12 bits per heavy atom. The largest absolute Gasteiger partial charge is 0.455 e. The van der Waals surface area contributed by atoms with E-state index in [1.807, 2.05) is 34.8 Å². The van der Waals surface area contributed by atoms with Gasteiger partial charge in [-0.05, 0) is 47.0 Å². The molecular formula is C45H29N3OS2. The number of nitrogens with one attached hydrogen (secondary N) is 2. The van der Waals surface area contributed by atoms with Crippen molar-refractivity contribution < 1.29 is 4.42 Å². The highest BCUT2D eigenvalue weighted by atomic mass is 32.1. The van der Waals surface area contributed by atoms with Gasteiger partial charge in [0, 0.05) is 56.7 Å². The van der Waals surface area contributed by atoms with Crippen LogP contribution in [0.15, 0.2) is 161 Å². The van der Waals surface area contributed by atoms with E-state index >= 15 is 0 Å². The van der Waals surface area contributed by atoms with Crippen LogP contribution in [-0.2, 0) is 0 Å². The van der Waals surface area contributed by atoms with Crippen molar-refractivity contribution in [3.05, 3.63) is 168 Å². The minimum Gasteiger partial charge on any atom is -0.455 e. The van der Waals surface area contributed by atoms with Crippen LogP contribution in [0, 0.1) is 0 Å². The molecule has 0 fully saturated rings. The van der Waals surface area contributed by atoms with Crippen molar-refractivity contribution in [1.29, 1.82) is 0 Å². The van der Waals surface area contributed by atoms with E-state index < -0.39 is 0 Å². The lowest BCUT2D eigenvalue weighted by atomic mass is 9.99. The lowest BCUT2D eigenvalue weighted by molar-refractivity contribution is 0.411. The highest BCUT2D eigenvalue weighted by Crippen LogP contribution is 2.44. The van der Waals surface area contributed by atoms with Crippen molar-refractivity contribution >= 4 is 90.8 Å². The number of furan rings is 1. The maximum Gasteiger partial charge on any atom is 0.146 e. The molecule has 0 saturated heterocycles. The van der Waals surface area contributed by atoms with Gasteiger partial charge in [0.05, 0.1) is 5.56 Å². The van der Waals surface area contributed by atoms with Crippen LogP contribution in [0.5, 0.6) is 0 Å². The highest BCUT2D eigenvalue weighted by molar-refractivity contribution is 7.26. The van der Waals surface area contributed by atoms with Gasteiger partial charge in [-0.25, -0.2) is 4.99 Å². The first-order valence-electron chi connectivity index (χ1n) is 17.2. The number of rotatable bonds is 4. The number of hydrogen-bond acceptors (Lipinski definition) is 6. The number of benzene rings is 7. The van der Waals surface area contributed by atoms with Crippen LogP contribution in [0.3, 0.4) is 0 Å². The van der Waals surface area contributed by atoms with Gasteiger partial charge in [-0.15, -0.1) is 22.7 Å². The third-order valence-corrected chi connectivity index (χ3v) is 12.6. The van der Waals surface area contributed by atoms with Crippen LogP contribution in [0.4, 0.5) is 0 Å². The summed E-state index contributed by atoms with van der Waals surface area (Å²) >= 11 is 3.74. The third-order valence-electron chi connectivity index (χ3n) is 10.2. The SMILES string of the molecule is c1ccc(C2N=C(c3cccc4c3oc3ccccc34)NC(c3cccc4c3sc3ccc(-c5cccc6c5sc5ccccc56)cc34)N2)cc1. The number of thiophene rings is 2. The van der Waals surface area contributed by atoms with Crippen molar-refractivity contribution in [2.75, 3.05) is 0 Å². The molecule has 0 saturated carbocycles. The van der Waals surface area contributed by atoms with E-state index in [0.717, 1.165) is 38.9 Å². The van der Waals surface area contributed by atoms with Gasteiger partial charge in [0.25, 0.3) is 0 Å². The first kappa shape index (κ1) is 29.0. The molecule has 6 heteroatoms. The number of nitrogens with zero attached hydrogens (tertiary/aromatic N) is 1. The van der Waals surface area contributed by atoms with Crippen molar-refractivity contribution in [3.8, 4) is 11.1 Å². The smallest absolute Gasteiger partial charge is 0.146 e. The number of amidine groups is 1. The Morgan fingerprint density at radius 1 is 0.529 bits per heavy atom. The van der Waals surface area contributed by atoms with Crippen molar-refractivity contribution in [3.63, 3.8) is 0 Å². The topological polar surface area (TPSA) is 49.6 Å². The Hall–Kier alpha value is -5.79. The van der Waals surface area contributed by atoms with Gasteiger partial charge < -0.3 is 9.73 Å². The van der Waals surface area contributed by atoms with E-state index in [0.29, 0.717) is 0 Å². The van der Waals surface area contributed by atoms with Gasteiger partial charge in [0.2, 0.25) is 0 Å². The van der Waals surface area contributed by atoms with Gasteiger partial charge in [-0.3, -0.25) is 5.32 Å². The summed E-state index contributed by atoms with van der Waals surface area (Å²) in [5.41, 5.74) is 7.53. The lowest BCUT2D eigenvalue weighted by Gasteiger charge is -2.32. The molecule has 11 rings (SSSR count). The van der Waals surface area contributed by atoms with Crippen LogP contribution < -0.4 is 10.6 Å². The summed E-state index contributed by atoms with van der Waals surface area (Å²) in [7, 11) is 0. The third kappa shape index (κ3) is 4.58.